The molecule has 0 fully saturated rings. The van der Waals surface area contributed by atoms with E-state index in [1.165, 1.54) is 6.07 Å². The quantitative estimate of drug-likeness (QED) is 0.472. The third-order valence-corrected chi connectivity index (χ3v) is 3.52. The van der Waals surface area contributed by atoms with Gasteiger partial charge in [-0.3, -0.25) is 4.57 Å². The van der Waals surface area contributed by atoms with Gasteiger partial charge in [-0.2, -0.15) is 8.78 Å². The molecule has 0 spiro atoms. The predicted octanol–water partition coefficient (Wildman–Crippen LogP) is 4.69. The first-order valence-electron chi connectivity index (χ1n) is 7.51. The zero-order valence-corrected chi connectivity index (χ0v) is 13.4. The van der Waals surface area contributed by atoms with E-state index < -0.39 is 31.2 Å². The first kappa shape index (κ1) is 18.6. The third-order valence-electron chi connectivity index (χ3n) is 3.52. The van der Waals surface area contributed by atoms with Gasteiger partial charge < -0.3 is 9.47 Å². The summed E-state index contributed by atoms with van der Waals surface area (Å²) in [4.78, 5) is 16.0. The molecule has 0 unspecified atom stereocenters. The molecule has 0 radical (unpaired) electrons. The second-order valence-electron chi connectivity index (χ2n) is 5.31. The highest BCUT2D eigenvalue weighted by molar-refractivity contribution is 5.89. The van der Waals surface area contributed by atoms with E-state index >= 15 is 0 Å². The van der Waals surface area contributed by atoms with Crippen LogP contribution >= 0.6 is 0 Å². The van der Waals surface area contributed by atoms with Crippen molar-refractivity contribution in [3.8, 4) is 5.75 Å². The fourth-order valence-electron chi connectivity index (χ4n) is 2.42. The van der Waals surface area contributed by atoms with E-state index in [1.807, 2.05) is 0 Å². The fourth-order valence-corrected chi connectivity index (χ4v) is 2.42. The lowest BCUT2D eigenvalue weighted by Gasteiger charge is -2.10. The molecule has 0 N–H and O–H groups in total. The highest BCUT2D eigenvalue weighted by atomic mass is 19.4. The van der Waals surface area contributed by atoms with Crippen molar-refractivity contribution >= 4 is 17.0 Å². The van der Waals surface area contributed by atoms with Crippen molar-refractivity contribution < 1.29 is 36.2 Å². The number of rotatable bonds is 5. The number of imidazole rings is 1. The van der Waals surface area contributed by atoms with Crippen LogP contribution in [-0.4, -0.2) is 21.9 Å². The summed E-state index contributed by atoms with van der Waals surface area (Å²) in [5, 5.41) is 0. The van der Waals surface area contributed by atoms with Gasteiger partial charge in [-0.05, 0) is 36.4 Å². The van der Waals surface area contributed by atoms with Gasteiger partial charge in [0.2, 0.25) is 0 Å². The summed E-state index contributed by atoms with van der Waals surface area (Å²) >= 11 is 0. The summed E-state index contributed by atoms with van der Waals surface area (Å²) < 4.78 is 72.2. The summed E-state index contributed by atoms with van der Waals surface area (Å²) in [7, 11) is 0. The Hall–Kier alpha value is -3.17. The van der Waals surface area contributed by atoms with Gasteiger partial charge in [0.25, 0.3) is 0 Å². The van der Waals surface area contributed by atoms with Crippen LogP contribution in [0, 0.1) is 0 Å². The smallest absolute Gasteiger partial charge is 0.454 e. The highest BCUT2D eigenvalue weighted by Crippen LogP contribution is 2.25. The number of carbonyl (C=O) groups is 1. The van der Waals surface area contributed by atoms with Gasteiger partial charge in [0.1, 0.15) is 12.4 Å². The Labute approximate surface area is 148 Å². The largest absolute Gasteiger partial charge is 0.573 e. The molecule has 1 heterocycles. The molecule has 0 aliphatic heterocycles. The van der Waals surface area contributed by atoms with Gasteiger partial charge in [0, 0.05) is 0 Å². The molecule has 0 bridgehead atoms. The average molecular weight is 386 g/mol. The number of alkyl halides is 5. The molecule has 0 saturated heterocycles. The maximum Gasteiger partial charge on any atom is 0.573 e. The van der Waals surface area contributed by atoms with Gasteiger partial charge >= 0.3 is 18.9 Å². The van der Waals surface area contributed by atoms with Crippen LogP contribution in [0.4, 0.5) is 22.0 Å². The number of benzene rings is 2. The number of fused-ring (bicyclic) bond motifs is 1. The minimum absolute atomic E-state index is 0.0655. The third kappa shape index (κ3) is 4.33. The first-order valence-corrected chi connectivity index (χ1v) is 7.51. The number of ether oxygens (including phenoxy) is 2. The van der Waals surface area contributed by atoms with Crippen molar-refractivity contribution in [1.82, 2.24) is 9.55 Å². The standard InChI is InChI=1S/C17H11F5N2O3/c18-16(19)24-13-4-2-1-3-12(13)23-14(24)9-26-15(25)10-5-7-11(8-6-10)27-17(20,21)22/h1-8,16H,9H2. The Kier molecular flexibility index (Phi) is 4.98. The second kappa shape index (κ2) is 7.22. The monoisotopic (exact) mass is 386 g/mol. The lowest BCUT2D eigenvalue weighted by Crippen LogP contribution is -2.17. The van der Waals surface area contributed by atoms with Crippen molar-refractivity contribution in [2.24, 2.45) is 0 Å². The lowest BCUT2D eigenvalue weighted by molar-refractivity contribution is -0.274. The van der Waals surface area contributed by atoms with E-state index in [2.05, 4.69) is 9.72 Å². The molecule has 0 amide bonds. The summed E-state index contributed by atoms with van der Waals surface area (Å²) in [5.41, 5.74) is 0.439. The molecular weight excluding hydrogens is 375 g/mol. The van der Waals surface area contributed by atoms with Crippen LogP contribution in [0.15, 0.2) is 48.5 Å². The summed E-state index contributed by atoms with van der Waals surface area (Å²) in [5.74, 6) is -1.56. The molecule has 10 heteroatoms. The number of carbonyl (C=O) groups excluding carboxylic acids is 1. The number of hydrogen-bond acceptors (Lipinski definition) is 4. The summed E-state index contributed by atoms with van der Waals surface area (Å²) in [6, 6.07) is 10.2. The molecular formula is C17H11F5N2O3. The second-order valence-corrected chi connectivity index (χ2v) is 5.31. The Bertz CT molecular complexity index is 951. The van der Waals surface area contributed by atoms with Crippen molar-refractivity contribution in [2.75, 3.05) is 0 Å². The molecule has 3 aromatic rings. The average Bonchev–Trinajstić information content (AvgIpc) is 2.97. The van der Waals surface area contributed by atoms with Crippen molar-refractivity contribution in [3.63, 3.8) is 0 Å². The van der Waals surface area contributed by atoms with Crippen LogP contribution in [0.1, 0.15) is 22.7 Å². The number of hydrogen-bond donors (Lipinski definition) is 0. The zero-order valence-electron chi connectivity index (χ0n) is 13.4. The number of esters is 1. The maximum absolute atomic E-state index is 13.3. The van der Waals surface area contributed by atoms with E-state index in [0.29, 0.717) is 10.1 Å². The van der Waals surface area contributed by atoms with E-state index in [-0.39, 0.29) is 16.9 Å². The maximum atomic E-state index is 13.3. The molecule has 1 aromatic heterocycles. The van der Waals surface area contributed by atoms with Crippen LogP contribution < -0.4 is 4.74 Å². The normalized spacial score (nSPS) is 11.8. The minimum atomic E-state index is -4.85. The van der Waals surface area contributed by atoms with Crippen molar-refractivity contribution in [2.45, 2.75) is 19.5 Å². The number of para-hydroxylation sites is 2. The number of nitrogens with zero attached hydrogens (tertiary/aromatic N) is 2. The van der Waals surface area contributed by atoms with Gasteiger partial charge in [0.05, 0.1) is 16.6 Å². The molecule has 142 valence electrons. The molecule has 2 aromatic carbocycles. The highest BCUT2D eigenvalue weighted by Gasteiger charge is 2.31. The van der Waals surface area contributed by atoms with Crippen LogP contribution in [-0.2, 0) is 11.3 Å². The Morgan fingerprint density at radius 1 is 1.07 bits per heavy atom. The fraction of sp³-hybridized carbons (Fsp3) is 0.176. The van der Waals surface area contributed by atoms with E-state index in [0.717, 1.165) is 24.3 Å². The predicted molar refractivity (Wildman–Crippen MR) is 83.2 cm³/mol. The Balaban J connectivity index is 1.72. The molecule has 0 saturated carbocycles. The van der Waals surface area contributed by atoms with Crippen LogP contribution in [0.25, 0.3) is 11.0 Å². The first-order chi connectivity index (χ1) is 12.7. The van der Waals surface area contributed by atoms with Crippen molar-refractivity contribution in [3.05, 3.63) is 59.9 Å². The number of halogens is 5. The Morgan fingerprint density at radius 3 is 2.37 bits per heavy atom. The summed E-state index contributed by atoms with van der Waals surface area (Å²) in [6.07, 6.45) is -4.85. The number of aromatic nitrogens is 2. The molecule has 0 aliphatic carbocycles. The van der Waals surface area contributed by atoms with E-state index in [1.54, 1.807) is 18.2 Å². The molecule has 27 heavy (non-hydrogen) atoms. The molecule has 5 nitrogen and oxygen atoms in total. The zero-order chi connectivity index (χ0) is 19.6. The van der Waals surface area contributed by atoms with Gasteiger partial charge in [-0.1, -0.05) is 12.1 Å². The minimum Gasteiger partial charge on any atom is -0.454 e. The Morgan fingerprint density at radius 2 is 1.74 bits per heavy atom. The topological polar surface area (TPSA) is 53.3 Å². The van der Waals surface area contributed by atoms with Gasteiger partial charge in [0.15, 0.2) is 5.82 Å². The lowest BCUT2D eigenvalue weighted by atomic mass is 10.2. The van der Waals surface area contributed by atoms with E-state index in [4.69, 9.17) is 4.74 Å². The van der Waals surface area contributed by atoms with Gasteiger partial charge in [-0.25, -0.2) is 9.78 Å². The SMILES string of the molecule is O=C(OCc1nc2ccccc2n1C(F)F)c1ccc(OC(F)(F)F)cc1. The van der Waals surface area contributed by atoms with Crippen LogP contribution in [0.3, 0.4) is 0 Å². The molecule has 0 aliphatic rings. The van der Waals surface area contributed by atoms with E-state index in [9.17, 15) is 26.7 Å². The van der Waals surface area contributed by atoms with Crippen LogP contribution in [0.2, 0.25) is 0 Å². The molecule has 3 rings (SSSR count). The van der Waals surface area contributed by atoms with Crippen LogP contribution in [0.5, 0.6) is 5.75 Å². The summed E-state index contributed by atoms with van der Waals surface area (Å²) in [6.45, 7) is -3.41. The molecule has 0 atom stereocenters. The van der Waals surface area contributed by atoms with Gasteiger partial charge in [-0.15, -0.1) is 13.2 Å². The van der Waals surface area contributed by atoms with Crippen molar-refractivity contribution in [1.29, 1.82) is 0 Å².